The summed E-state index contributed by atoms with van der Waals surface area (Å²) in [5, 5.41) is 0. The van der Waals surface area contributed by atoms with Crippen LogP contribution in [0.2, 0.25) is 0 Å². The van der Waals surface area contributed by atoms with E-state index in [-0.39, 0.29) is 0 Å². The first-order chi connectivity index (χ1) is 38.6. The van der Waals surface area contributed by atoms with Gasteiger partial charge >= 0.3 is 0 Å². The molecule has 10 aromatic carbocycles. The van der Waals surface area contributed by atoms with Gasteiger partial charge in [0.2, 0.25) is 0 Å². The lowest BCUT2D eigenvalue weighted by Crippen LogP contribution is -1.93. The number of hydrogen-bond acceptors (Lipinski definition) is 3. The highest BCUT2D eigenvalue weighted by Crippen LogP contribution is 2.43. The fourth-order valence-electron chi connectivity index (χ4n) is 10.7. The van der Waals surface area contributed by atoms with Crippen molar-refractivity contribution < 1.29 is 0 Å². The van der Waals surface area contributed by atoms with Gasteiger partial charge in [-0.25, -0.2) is 0 Å². The largest absolute Gasteiger partial charge is 0.256 e. The molecule has 0 aliphatic carbocycles. The maximum Gasteiger partial charge on any atom is 0.0702 e. The Morgan fingerprint density at radius 3 is 0.679 bits per heavy atom. The summed E-state index contributed by atoms with van der Waals surface area (Å²) in [5.41, 5.74) is 26.1. The highest BCUT2D eigenvalue weighted by molar-refractivity contribution is 5.94. The molecule has 3 heteroatoms. The molecule has 0 N–H and O–H groups in total. The number of benzene rings is 10. The molecule has 3 aromatic heterocycles. The highest BCUT2D eigenvalue weighted by Gasteiger charge is 2.18. The predicted molar refractivity (Wildman–Crippen MR) is 325 cm³/mol. The van der Waals surface area contributed by atoms with Gasteiger partial charge in [0.05, 0.1) is 17.1 Å². The molecule has 0 spiro atoms. The topological polar surface area (TPSA) is 38.7 Å². The SMILES string of the molecule is c1ccc(-c2ccc(-c3cc(-c4ccccc4)cc(-c4ccc(-c5ccccc5-c5cc(-c6ccccc6-c6ccc(-c7ccccc7)nc6)cc(-c6ccccc6-c6ccc(-c7ccccc7)nc6)c5)cn4)c3)cc2)cc1. The maximum absolute atomic E-state index is 5.24. The Bertz CT molecular complexity index is 4030. The smallest absolute Gasteiger partial charge is 0.0702 e. The predicted octanol–water partition coefficient (Wildman–Crippen LogP) is 19.9. The summed E-state index contributed by atoms with van der Waals surface area (Å²) in [5.74, 6) is 0. The second-order valence-corrected chi connectivity index (χ2v) is 19.6. The fraction of sp³-hybridized carbons (Fsp3) is 0. The van der Waals surface area contributed by atoms with Gasteiger partial charge < -0.3 is 0 Å². The second kappa shape index (κ2) is 21.5. The summed E-state index contributed by atoms with van der Waals surface area (Å²) in [7, 11) is 0. The molecule has 0 atom stereocenters. The molecule has 0 fully saturated rings. The third-order valence-corrected chi connectivity index (χ3v) is 14.7. The van der Waals surface area contributed by atoms with Crippen molar-refractivity contribution in [3.8, 4) is 134 Å². The van der Waals surface area contributed by atoms with Crippen molar-refractivity contribution >= 4 is 0 Å². The Balaban J connectivity index is 0.907. The van der Waals surface area contributed by atoms with Gasteiger partial charge in [0.1, 0.15) is 0 Å². The molecule has 0 amide bonds. The summed E-state index contributed by atoms with van der Waals surface area (Å²) in [4.78, 5) is 15.2. The van der Waals surface area contributed by atoms with Crippen LogP contribution < -0.4 is 0 Å². The Hall–Kier alpha value is -10.4. The second-order valence-electron chi connectivity index (χ2n) is 19.6. The van der Waals surface area contributed by atoms with Crippen molar-refractivity contribution in [2.24, 2.45) is 0 Å². The van der Waals surface area contributed by atoms with Crippen molar-refractivity contribution in [2.45, 2.75) is 0 Å². The van der Waals surface area contributed by atoms with Gasteiger partial charge in [-0.1, -0.05) is 237 Å². The van der Waals surface area contributed by atoms with E-state index in [2.05, 4.69) is 279 Å². The minimum Gasteiger partial charge on any atom is -0.256 e. The summed E-state index contributed by atoms with van der Waals surface area (Å²) >= 11 is 0. The van der Waals surface area contributed by atoms with Gasteiger partial charge in [-0.2, -0.15) is 0 Å². The van der Waals surface area contributed by atoms with Crippen LogP contribution in [0.25, 0.3) is 134 Å². The van der Waals surface area contributed by atoms with E-state index < -0.39 is 0 Å². The Morgan fingerprint density at radius 1 is 0.141 bits per heavy atom. The zero-order chi connectivity index (χ0) is 52.0. The van der Waals surface area contributed by atoms with Crippen molar-refractivity contribution in [2.75, 3.05) is 0 Å². The van der Waals surface area contributed by atoms with Crippen LogP contribution in [0, 0.1) is 0 Å². The summed E-state index contributed by atoms with van der Waals surface area (Å²) in [6.45, 7) is 0. The van der Waals surface area contributed by atoms with Gasteiger partial charge in [0.15, 0.2) is 0 Å². The van der Waals surface area contributed by atoms with Crippen molar-refractivity contribution in [3.63, 3.8) is 0 Å². The van der Waals surface area contributed by atoms with E-state index in [0.717, 1.165) is 123 Å². The molecular formula is C75H51N3. The summed E-state index contributed by atoms with van der Waals surface area (Å²) in [6, 6.07) is 104. The molecule has 0 unspecified atom stereocenters. The first kappa shape index (κ1) is 47.4. The van der Waals surface area contributed by atoms with Crippen LogP contribution in [0.1, 0.15) is 0 Å². The van der Waals surface area contributed by atoms with Gasteiger partial charge in [-0.3, -0.25) is 15.0 Å². The third kappa shape index (κ3) is 9.88. The van der Waals surface area contributed by atoms with Gasteiger partial charge in [-0.05, 0) is 138 Å². The summed E-state index contributed by atoms with van der Waals surface area (Å²) < 4.78 is 0. The van der Waals surface area contributed by atoms with Crippen LogP contribution in [-0.2, 0) is 0 Å². The van der Waals surface area contributed by atoms with Crippen molar-refractivity contribution in [1.82, 2.24) is 15.0 Å². The van der Waals surface area contributed by atoms with Crippen LogP contribution in [0.5, 0.6) is 0 Å². The average Bonchev–Trinajstić information content (AvgIpc) is 3.59. The van der Waals surface area contributed by atoms with E-state index in [1.54, 1.807) is 0 Å². The first-order valence-electron chi connectivity index (χ1n) is 26.5. The molecular weight excluding hydrogens is 943 g/mol. The lowest BCUT2D eigenvalue weighted by molar-refractivity contribution is 1.32. The Kier molecular flexibility index (Phi) is 13.0. The molecule has 0 bridgehead atoms. The number of rotatable bonds is 12. The zero-order valence-electron chi connectivity index (χ0n) is 42.8. The monoisotopic (exact) mass is 993 g/mol. The van der Waals surface area contributed by atoms with Crippen molar-refractivity contribution in [1.29, 1.82) is 0 Å². The molecule has 366 valence electrons. The lowest BCUT2D eigenvalue weighted by Gasteiger charge is -2.18. The molecule has 0 radical (unpaired) electrons. The van der Waals surface area contributed by atoms with E-state index in [9.17, 15) is 0 Å². The minimum absolute atomic E-state index is 0.909. The molecule has 78 heavy (non-hydrogen) atoms. The normalized spacial score (nSPS) is 11.1. The van der Waals surface area contributed by atoms with Crippen LogP contribution in [0.15, 0.2) is 310 Å². The number of pyridine rings is 3. The van der Waals surface area contributed by atoms with Crippen LogP contribution in [-0.4, -0.2) is 15.0 Å². The van der Waals surface area contributed by atoms with Crippen LogP contribution in [0.4, 0.5) is 0 Å². The number of nitrogens with zero attached hydrogens (tertiary/aromatic N) is 3. The standard InChI is InChI=1S/C75H51N3/c1-5-19-52(20-6-1)54-33-35-55(36-34-54)62-43-61(53-21-7-2-8-22-53)44-66(45-62)75-42-39-60(51-78-75)69-29-15-18-32-72(69)65-47-63(70-30-16-13-27-67(70)58-37-40-73(76-49-58)56-23-9-3-10-24-56)46-64(48-65)71-31-17-14-28-68(71)59-38-41-74(77-50-59)57-25-11-4-12-26-57/h1-51H. The average molecular weight is 994 g/mol. The minimum atomic E-state index is 0.909. The highest BCUT2D eigenvalue weighted by atomic mass is 14.7. The van der Waals surface area contributed by atoms with E-state index in [1.807, 2.05) is 30.7 Å². The fourth-order valence-corrected chi connectivity index (χ4v) is 10.7. The van der Waals surface area contributed by atoms with Crippen LogP contribution in [0.3, 0.4) is 0 Å². The summed E-state index contributed by atoms with van der Waals surface area (Å²) in [6.07, 6.45) is 6.04. The zero-order valence-corrected chi connectivity index (χ0v) is 42.8. The molecule has 0 aliphatic heterocycles. The van der Waals surface area contributed by atoms with Crippen molar-refractivity contribution in [3.05, 3.63) is 310 Å². The molecule has 13 rings (SSSR count). The maximum atomic E-state index is 5.24. The van der Waals surface area contributed by atoms with Crippen LogP contribution >= 0.6 is 0 Å². The molecule has 0 saturated carbocycles. The third-order valence-electron chi connectivity index (χ3n) is 14.7. The molecule has 0 saturated heterocycles. The van der Waals surface area contributed by atoms with Gasteiger partial charge in [0.25, 0.3) is 0 Å². The van der Waals surface area contributed by atoms with E-state index >= 15 is 0 Å². The lowest BCUT2D eigenvalue weighted by atomic mass is 9.86. The molecule has 3 heterocycles. The molecule has 3 nitrogen and oxygen atoms in total. The van der Waals surface area contributed by atoms with E-state index in [1.165, 1.54) is 11.1 Å². The Morgan fingerprint density at radius 2 is 0.359 bits per heavy atom. The van der Waals surface area contributed by atoms with Gasteiger partial charge in [0, 0.05) is 52.0 Å². The van der Waals surface area contributed by atoms with E-state index in [4.69, 9.17) is 15.0 Å². The van der Waals surface area contributed by atoms with E-state index in [0.29, 0.717) is 0 Å². The molecule has 0 aliphatic rings. The number of aromatic nitrogens is 3. The van der Waals surface area contributed by atoms with Gasteiger partial charge in [-0.15, -0.1) is 0 Å². The quantitative estimate of drug-likeness (QED) is 0.122. The molecule has 13 aromatic rings. The number of hydrogen-bond donors (Lipinski definition) is 0. The first-order valence-corrected chi connectivity index (χ1v) is 26.5. The Labute approximate surface area is 456 Å².